The molecule has 170 valence electrons. The molecule has 2 aromatic carbocycles. The minimum Gasteiger partial charge on any atom is -0.508 e. The summed E-state index contributed by atoms with van der Waals surface area (Å²) >= 11 is 0. The standard InChI is InChI=1S/C28H30FN3O/c1-27(2)17-10-21-23(20-12-18(33)9-16-5-3-4-6-19(16)20)24(29)26(31-25(21)22(27)11-17)32-8-7-28(15-32)13-30-14-28/h3-6,9,12,17,22,30,33H,7-8,10-11,13-15H2,1-2H3/t17-,22-/m0/s1. The molecule has 1 saturated carbocycles. The number of pyridine rings is 1. The molecule has 2 saturated heterocycles. The number of phenols is 1. The van der Waals surface area contributed by atoms with E-state index < -0.39 is 0 Å². The first-order valence-corrected chi connectivity index (χ1v) is 12.3. The first-order valence-electron chi connectivity index (χ1n) is 12.3. The van der Waals surface area contributed by atoms with Crippen LogP contribution in [0.15, 0.2) is 36.4 Å². The third kappa shape index (κ3) is 2.63. The summed E-state index contributed by atoms with van der Waals surface area (Å²) in [5.74, 6) is 1.40. The lowest BCUT2D eigenvalue weighted by Crippen LogP contribution is -2.54. The van der Waals surface area contributed by atoms with Crippen LogP contribution in [0.5, 0.6) is 5.75 Å². The van der Waals surface area contributed by atoms with Gasteiger partial charge in [0.25, 0.3) is 0 Å². The molecule has 5 aliphatic rings. The van der Waals surface area contributed by atoms with Crippen molar-refractivity contribution in [1.29, 1.82) is 0 Å². The Kier molecular flexibility index (Phi) is 3.88. The predicted molar refractivity (Wildman–Crippen MR) is 129 cm³/mol. The molecule has 5 heteroatoms. The molecule has 0 radical (unpaired) electrons. The third-order valence-corrected chi connectivity index (χ3v) is 9.36. The molecule has 0 unspecified atom stereocenters. The van der Waals surface area contributed by atoms with Crippen molar-refractivity contribution in [3.05, 3.63) is 53.5 Å². The molecule has 8 rings (SSSR count). The van der Waals surface area contributed by atoms with Crippen LogP contribution in [0.2, 0.25) is 0 Å². The van der Waals surface area contributed by atoms with Crippen molar-refractivity contribution >= 4 is 16.6 Å². The van der Waals surface area contributed by atoms with E-state index in [0.29, 0.717) is 23.2 Å². The number of halogens is 1. The summed E-state index contributed by atoms with van der Waals surface area (Å²) in [5.41, 5.74) is 4.09. The fourth-order valence-corrected chi connectivity index (χ4v) is 7.05. The highest BCUT2D eigenvalue weighted by atomic mass is 19.1. The van der Waals surface area contributed by atoms with Crippen molar-refractivity contribution in [3.8, 4) is 16.9 Å². The molecule has 2 bridgehead atoms. The summed E-state index contributed by atoms with van der Waals surface area (Å²) < 4.78 is 16.6. The van der Waals surface area contributed by atoms with Crippen molar-refractivity contribution < 1.29 is 9.50 Å². The van der Waals surface area contributed by atoms with E-state index in [-0.39, 0.29) is 22.4 Å². The quantitative estimate of drug-likeness (QED) is 0.569. The normalized spacial score (nSPS) is 26.2. The van der Waals surface area contributed by atoms with E-state index in [9.17, 15) is 5.11 Å². The average molecular weight is 444 g/mol. The molecule has 4 nitrogen and oxygen atoms in total. The van der Waals surface area contributed by atoms with Gasteiger partial charge in [-0.25, -0.2) is 9.37 Å². The maximum absolute atomic E-state index is 16.6. The van der Waals surface area contributed by atoms with Crippen molar-refractivity contribution in [2.24, 2.45) is 16.7 Å². The number of hydrogen-bond acceptors (Lipinski definition) is 4. The molecule has 3 aromatic rings. The van der Waals surface area contributed by atoms with E-state index in [4.69, 9.17) is 4.98 Å². The van der Waals surface area contributed by atoms with Gasteiger partial charge in [0.15, 0.2) is 11.6 Å². The second-order valence-electron chi connectivity index (χ2n) is 11.5. The van der Waals surface area contributed by atoms with Crippen LogP contribution >= 0.6 is 0 Å². The number of phenolic OH excluding ortho intramolecular Hbond substituents is 1. The van der Waals surface area contributed by atoms with Gasteiger partial charge in [-0.2, -0.15) is 0 Å². The van der Waals surface area contributed by atoms with Gasteiger partial charge in [-0.15, -0.1) is 0 Å². The molecule has 2 N–H and O–H groups in total. The number of aromatic nitrogens is 1. The van der Waals surface area contributed by atoms with E-state index in [1.165, 1.54) is 0 Å². The summed E-state index contributed by atoms with van der Waals surface area (Å²) in [6.07, 6.45) is 3.09. The van der Waals surface area contributed by atoms with E-state index in [0.717, 1.165) is 73.0 Å². The Morgan fingerprint density at radius 3 is 2.73 bits per heavy atom. The number of benzene rings is 2. The van der Waals surface area contributed by atoms with E-state index >= 15 is 4.39 Å². The summed E-state index contributed by atoms with van der Waals surface area (Å²) in [4.78, 5) is 7.27. The minimum absolute atomic E-state index is 0.178. The van der Waals surface area contributed by atoms with E-state index in [2.05, 4.69) is 24.1 Å². The van der Waals surface area contributed by atoms with Gasteiger partial charge < -0.3 is 15.3 Å². The summed E-state index contributed by atoms with van der Waals surface area (Å²) in [6, 6.07) is 11.5. The topological polar surface area (TPSA) is 48.4 Å². The van der Waals surface area contributed by atoms with Gasteiger partial charge in [-0.05, 0) is 64.6 Å². The van der Waals surface area contributed by atoms with Crippen LogP contribution in [-0.2, 0) is 6.42 Å². The summed E-state index contributed by atoms with van der Waals surface area (Å²) in [7, 11) is 0. The Balaban J connectivity index is 1.48. The molecule has 33 heavy (non-hydrogen) atoms. The SMILES string of the molecule is CC1(C)[C@H]2Cc3c(nc(N4CCC5(CNC5)C4)c(F)c3-c3cc(O)cc4ccccc34)[C@@H]1C2. The van der Waals surface area contributed by atoms with Gasteiger partial charge in [0, 0.05) is 43.1 Å². The summed E-state index contributed by atoms with van der Waals surface area (Å²) in [6.45, 7) is 8.41. The lowest BCUT2D eigenvalue weighted by Gasteiger charge is -2.57. The van der Waals surface area contributed by atoms with Gasteiger partial charge >= 0.3 is 0 Å². The van der Waals surface area contributed by atoms with Gasteiger partial charge in [0.2, 0.25) is 0 Å². The maximum atomic E-state index is 16.6. The highest BCUT2D eigenvalue weighted by Crippen LogP contribution is 2.63. The van der Waals surface area contributed by atoms with Crippen LogP contribution in [0.1, 0.15) is 43.9 Å². The fourth-order valence-electron chi connectivity index (χ4n) is 7.05. The van der Waals surface area contributed by atoms with Gasteiger partial charge in [-0.3, -0.25) is 0 Å². The number of rotatable bonds is 2. The molecular weight excluding hydrogens is 413 g/mol. The minimum atomic E-state index is -0.215. The van der Waals surface area contributed by atoms with Crippen molar-refractivity contribution in [1.82, 2.24) is 10.3 Å². The first-order chi connectivity index (χ1) is 15.9. The number of aromatic hydroxyl groups is 1. The largest absolute Gasteiger partial charge is 0.508 e. The zero-order valence-corrected chi connectivity index (χ0v) is 19.3. The summed E-state index contributed by atoms with van der Waals surface area (Å²) in [5, 5.41) is 15.9. The Bertz CT molecular complexity index is 1310. The van der Waals surface area contributed by atoms with Gasteiger partial charge in [-0.1, -0.05) is 38.1 Å². The maximum Gasteiger partial charge on any atom is 0.173 e. The van der Waals surface area contributed by atoms with Crippen LogP contribution in [0.25, 0.3) is 21.9 Å². The van der Waals surface area contributed by atoms with Gasteiger partial charge in [0.1, 0.15) is 5.75 Å². The second kappa shape index (κ2) is 6.47. The smallest absolute Gasteiger partial charge is 0.173 e. The molecule has 0 amide bonds. The molecule has 2 atom stereocenters. The third-order valence-electron chi connectivity index (χ3n) is 9.36. The molecule has 3 heterocycles. The second-order valence-corrected chi connectivity index (χ2v) is 11.5. The molecule has 2 aliphatic heterocycles. The molecule has 3 aliphatic carbocycles. The van der Waals surface area contributed by atoms with Crippen LogP contribution in [-0.4, -0.2) is 36.3 Å². The highest BCUT2D eigenvalue weighted by Gasteiger charge is 2.55. The van der Waals surface area contributed by atoms with Crippen molar-refractivity contribution in [2.75, 3.05) is 31.1 Å². The lowest BCUT2D eigenvalue weighted by atomic mass is 9.48. The molecule has 3 fully saturated rings. The van der Waals surface area contributed by atoms with Crippen molar-refractivity contribution in [3.63, 3.8) is 0 Å². The Morgan fingerprint density at radius 1 is 1.18 bits per heavy atom. The zero-order valence-electron chi connectivity index (χ0n) is 19.3. The monoisotopic (exact) mass is 443 g/mol. The Labute approximate surface area is 193 Å². The van der Waals surface area contributed by atoms with Crippen LogP contribution < -0.4 is 10.2 Å². The zero-order chi connectivity index (χ0) is 22.5. The highest BCUT2D eigenvalue weighted by molar-refractivity contribution is 5.99. The van der Waals surface area contributed by atoms with Crippen molar-refractivity contribution in [2.45, 2.75) is 39.0 Å². The van der Waals surface area contributed by atoms with Crippen LogP contribution in [0.3, 0.4) is 0 Å². The van der Waals surface area contributed by atoms with E-state index in [1.807, 2.05) is 24.3 Å². The molecular formula is C28H30FN3O. The van der Waals surface area contributed by atoms with E-state index in [1.54, 1.807) is 12.1 Å². The number of hydrogen-bond donors (Lipinski definition) is 2. The number of nitrogens with zero attached hydrogens (tertiary/aromatic N) is 2. The number of fused-ring (bicyclic) bond motifs is 1. The molecule has 1 spiro atoms. The Morgan fingerprint density at radius 2 is 2.00 bits per heavy atom. The Hall–Kier alpha value is -2.66. The number of anilines is 1. The lowest BCUT2D eigenvalue weighted by molar-refractivity contribution is 0.0156. The van der Waals surface area contributed by atoms with Crippen LogP contribution in [0, 0.1) is 22.6 Å². The van der Waals surface area contributed by atoms with Crippen LogP contribution in [0.4, 0.5) is 10.2 Å². The fraction of sp³-hybridized carbons (Fsp3) is 0.464. The number of nitrogens with one attached hydrogen (secondary N) is 1. The predicted octanol–water partition coefficient (Wildman–Crippen LogP) is 5.23. The molecule has 1 aromatic heterocycles. The average Bonchev–Trinajstić information content (AvgIpc) is 3.24. The van der Waals surface area contributed by atoms with Gasteiger partial charge in [0.05, 0.1) is 5.69 Å². The first kappa shape index (κ1) is 19.8.